The molecule has 2 aromatic carbocycles. The van der Waals surface area contributed by atoms with Gasteiger partial charge in [0.2, 0.25) is 0 Å². The Kier molecular flexibility index (Phi) is 4.49. The van der Waals surface area contributed by atoms with E-state index in [1.54, 1.807) is 0 Å². The molecule has 0 aliphatic carbocycles. The summed E-state index contributed by atoms with van der Waals surface area (Å²) in [6.45, 7) is 0.365. The lowest BCUT2D eigenvalue weighted by Gasteiger charge is -2.12. The SMILES string of the molecule is NC[C@H](O)c1ccc(F)c(OCc2ccccc2)c1. The topological polar surface area (TPSA) is 55.5 Å². The van der Waals surface area contributed by atoms with Crippen LogP contribution in [0.15, 0.2) is 48.5 Å². The van der Waals surface area contributed by atoms with E-state index in [4.69, 9.17) is 10.5 Å². The van der Waals surface area contributed by atoms with Crippen molar-refractivity contribution < 1.29 is 14.2 Å². The minimum absolute atomic E-state index is 0.0871. The molecule has 4 heteroatoms. The molecule has 0 amide bonds. The molecule has 2 aromatic rings. The zero-order valence-corrected chi connectivity index (χ0v) is 10.4. The lowest BCUT2D eigenvalue weighted by molar-refractivity contribution is 0.185. The van der Waals surface area contributed by atoms with Crippen LogP contribution in [0.2, 0.25) is 0 Å². The van der Waals surface area contributed by atoms with Crippen LogP contribution in [0.25, 0.3) is 0 Å². The van der Waals surface area contributed by atoms with Crippen molar-refractivity contribution in [3.63, 3.8) is 0 Å². The number of ether oxygens (including phenoxy) is 1. The number of halogens is 1. The van der Waals surface area contributed by atoms with Crippen LogP contribution >= 0.6 is 0 Å². The summed E-state index contributed by atoms with van der Waals surface area (Å²) in [5.74, 6) is -0.335. The lowest BCUT2D eigenvalue weighted by Crippen LogP contribution is -2.11. The Hall–Kier alpha value is -1.91. The predicted octanol–water partition coefficient (Wildman–Crippen LogP) is 2.40. The smallest absolute Gasteiger partial charge is 0.165 e. The first-order valence-electron chi connectivity index (χ1n) is 6.05. The molecule has 19 heavy (non-hydrogen) atoms. The molecular weight excluding hydrogens is 245 g/mol. The van der Waals surface area contributed by atoms with Gasteiger partial charge >= 0.3 is 0 Å². The molecule has 0 bridgehead atoms. The third-order valence-electron chi connectivity index (χ3n) is 2.80. The summed E-state index contributed by atoms with van der Waals surface area (Å²) in [7, 11) is 0. The fraction of sp³-hybridized carbons (Fsp3) is 0.200. The van der Waals surface area contributed by atoms with Gasteiger partial charge in [-0.25, -0.2) is 4.39 Å². The van der Waals surface area contributed by atoms with Gasteiger partial charge in [-0.2, -0.15) is 0 Å². The Morgan fingerprint density at radius 3 is 2.58 bits per heavy atom. The van der Waals surface area contributed by atoms with Gasteiger partial charge in [0.05, 0.1) is 6.10 Å². The summed E-state index contributed by atoms with van der Waals surface area (Å²) >= 11 is 0. The van der Waals surface area contributed by atoms with Gasteiger partial charge in [-0.1, -0.05) is 36.4 Å². The van der Waals surface area contributed by atoms with E-state index in [1.807, 2.05) is 30.3 Å². The van der Waals surface area contributed by atoms with Crippen molar-refractivity contribution in [2.45, 2.75) is 12.7 Å². The average molecular weight is 261 g/mol. The van der Waals surface area contributed by atoms with E-state index in [9.17, 15) is 9.50 Å². The van der Waals surface area contributed by atoms with Crippen LogP contribution in [0.5, 0.6) is 5.75 Å². The van der Waals surface area contributed by atoms with Crippen LogP contribution in [0.1, 0.15) is 17.2 Å². The second-order valence-corrected chi connectivity index (χ2v) is 4.22. The van der Waals surface area contributed by atoms with Crippen molar-refractivity contribution >= 4 is 0 Å². The molecule has 3 nitrogen and oxygen atoms in total. The Morgan fingerprint density at radius 1 is 1.16 bits per heavy atom. The predicted molar refractivity (Wildman–Crippen MR) is 71.2 cm³/mol. The minimum atomic E-state index is -0.806. The Morgan fingerprint density at radius 2 is 1.89 bits per heavy atom. The molecule has 2 rings (SSSR count). The summed E-state index contributed by atoms with van der Waals surface area (Å²) in [5, 5.41) is 9.63. The van der Waals surface area contributed by atoms with Gasteiger partial charge in [-0.05, 0) is 23.3 Å². The molecule has 100 valence electrons. The summed E-state index contributed by atoms with van der Waals surface area (Å²) < 4.78 is 19.0. The van der Waals surface area contributed by atoms with Gasteiger partial charge in [0.15, 0.2) is 11.6 Å². The van der Waals surface area contributed by atoms with Crippen molar-refractivity contribution in [2.24, 2.45) is 5.73 Å². The van der Waals surface area contributed by atoms with E-state index in [-0.39, 0.29) is 18.9 Å². The van der Waals surface area contributed by atoms with Gasteiger partial charge < -0.3 is 15.6 Å². The van der Waals surface area contributed by atoms with E-state index < -0.39 is 11.9 Å². The van der Waals surface area contributed by atoms with Crippen molar-refractivity contribution in [3.05, 3.63) is 65.5 Å². The number of rotatable bonds is 5. The average Bonchev–Trinajstić information content (AvgIpc) is 2.46. The van der Waals surface area contributed by atoms with E-state index in [2.05, 4.69) is 0 Å². The van der Waals surface area contributed by atoms with E-state index in [1.165, 1.54) is 18.2 Å². The number of hydrogen-bond acceptors (Lipinski definition) is 3. The standard InChI is InChI=1S/C15H16FNO2/c16-13-7-6-12(14(18)9-17)8-15(13)19-10-11-4-2-1-3-5-11/h1-8,14,18H,9-10,17H2/t14-/m0/s1. The van der Waals surface area contributed by atoms with Gasteiger partial charge in [-0.15, -0.1) is 0 Å². The van der Waals surface area contributed by atoms with Crippen molar-refractivity contribution in [2.75, 3.05) is 6.54 Å². The summed E-state index contributed by atoms with van der Waals surface area (Å²) in [6, 6.07) is 13.7. The van der Waals surface area contributed by atoms with Gasteiger partial charge in [0, 0.05) is 6.54 Å². The second-order valence-electron chi connectivity index (χ2n) is 4.22. The molecule has 0 saturated carbocycles. The Balaban J connectivity index is 2.11. The van der Waals surface area contributed by atoms with Crippen LogP contribution in [-0.2, 0) is 6.61 Å². The van der Waals surface area contributed by atoms with Crippen LogP contribution in [0.3, 0.4) is 0 Å². The normalized spacial score (nSPS) is 12.2. The van der Waals surface area contributed by atoms with Crippen molar-refractivity contribution in [3.8, 4) is 5.75 Å². The minimum Gasteiger partial charge on any atom is -0.486 e. The highest BCUT2D eigenvalue weighted by Gasteiger charge is 2.10. The molecule has 0 heterocycles. The highest BCUT2D eigenvalue weighted by Crippen LogP contribution is 2.23. The first-order chi connectivity index (χ1) is 9.20. The molecule has 0 radical (unpaired) electrons. The summed E-state index contributed by atoms with van der Waals surface area (Å²) in [6.07, 6.45) is -0.806. The first-order valence-corrected chi connectivity index (χ1v) is 6.05. The summed E-state index contributed by atoms with van der Waals surface area (Å²) in [5.41, 5.74) is 6.87. The van der Waals surface area contributed by atoms with E-state index >= 15 is 0 Å². The number of aliphatic hydroxyl groups is 1. The molecule has 3 N–H and O–H groups in total. The largest absolute Gasteiger partial charge is 0.486 e. The molecule has 0 unspecified atom stereocenters. The van der Waals surface area contributed by atoms with Crippen LogP contribution in [-0.4, -0.2) is 11.7 Å². The van der Waals surface area contributed by atoms with Crippen LogP contribution in [0, 0.1) is 5.82 Å². The molecule has 0 aliphatic rings. The molecule has 0 aromatic heterocycles. The van der Waals surface area contributed by atoms with Crippen molar-refractivity contribution in [1.82, 2.24) is 0 Å². The molecule has 0 saturated heterocycles. The first kappa shape index (κ1) is 13.5. The third kappa shape index (κ3) is 3.53. The zero-order chi connectivity index (χ0) is 13.7. The number of hydrogen-bond donors (Lipinski definition) is 2. The maximum atomic E-state index is 13.6. The highest BCUT2D eigenvalue weighted by molar-refractivity contribution is 5.32. The number of aliphatic hydroxyl groups excluding tert-OH is 1. The fourth-order valence-corrected chi connectivity index (χ4v) is 1.71. The van der Waals surface area contributed by atoms with Crippen LogP contribution < -0.4 is 10.5 Å². The van der Waals surface area contributed by atoms with Gasteiger partial charge in [0.1, 0.15) is 6.61 Å². The quantitative estimate of drug-likeness (QED) is 0.869. The molecule has 0 spiro atoms. The third-order valence-corrected chi connectivity index (χ3v) is 2.80. The molecular formula is C15H16FNO2. The Labute approximate surface area is 111 Å². The maximum Gasteiger partial charge on any atom is 0.165 e. The van der Waals surface area contributed by atoms with Crippen molar-refractivity contribution in [1.29, 1.82) is 0 Å². The lowest BCUT2D eigenvalue weighted by atomic mass is 10.1. The van der Waals surface area contributed by atoms with E-state index in [0.717, 1.165) is 5.56 Å². The number of benzene rings is 2. The zero-order valence-electron chi connectivity index (χ0n) is 10.4. The monoisotopic (exact) mass is 261 g/mol. The van der Waals surface area contributed by atoms with Gasteiger partial charge in [0.25, 0.3) is 0 Å². The Bertz CT molecular complexity index is 531. The summed E-state index contributed by atoms with van der Waals surface area (Å²) in [4.78, 5) is 0. The van der Waals surface area contributed by atoms with Gasteiger partial charge in [-0.3, -0.25) is 0 Å². The highest BCUT2D eigenvalue weighted by atomic mass is 19.1. The fourth-order valence-electron chi connectivity index (χ4n) is 1.71. The number of nitrogens with two attached hydrogens (primary N) is 1. The second kappa shape index (κ2) is 6.31. The maximum absolute atomic E-state index is 13.6. The molecule has 0 fully saturated rings. The van der Waals surface area contributed by atoms with E-state index in [0.29, 0.717) is 5.56 Å². The van der Waals surface area contributed by atoms with Crippen LogP contribution in [0.4, 0.5) is 4.39 Å². The molecule has 1 atom stereocenters. The molecule has 0 aliphatic heterocycles.